The molecule has 24 heavy (non-hydrogen) atoms. The predicted octanol–water partition coefficient (Wildman–Crippen LogP) is 5.22. The Kier molecular flexibility index (Phi) is 4.96. The molecule has 0 bridgehead atoms. The lowest BCUT2D eigenvalue weighted by Gasteiger charge is -2.15. The van der Waals surface area contributed by atoms with Gasteiger partial charge in [-0.1, -0.05) is 42.5 Å². The topological polar surface area (TPSA) is 47.3 Å². The van der Waals surface area contributed by atoms with Gasteiger partial charge in [0.2, 0.25) is 5.89 Å². The Morgan fingerprint density at radius 1 is 1.04 bits per heavy atom. The van der Waals surface area contributed by atoms with E-state index >= 15 is 0 Å². The van der Waals surface area contributed by atoms with Gasteiger partial charge in [0, 0.05) is 18.4 Å². The van der Waals surface area contributed by atoms with Gasteiger partial charge in [-0.25, -0.2) is 4.98 Å². The molecule has 4 nitrogen and oxygen atoms in total. The van der Waals surface area contributed by atoms with Crippen molar-refractivity contribution in [2.24, 2.45) is 0 Å². The first-order chi connectivity index (χ1) is 11.7. The van der Waals surface area contributed by atoms with Gasteiger partial charge in [0.25, 0.3) is 0 Å². The fourth-order valence-corrected chi connectivity index (χ4v) is 2.55. The Bertz CT molecular complexity index is 783. The quantitative estimate of drug-likeness (QED) is 0.675. The SMILES string of the molecule is COC(C)c1cccc(NC(C)c2ncc(-c3ccccc3)o2)c1. The van der Waals surface area contributed by atoms with Gasteiger partial charge in [-0.05, 0) is 31.5 Å². The highest BCUT2D eigenvalue weighted by molar-refractivity contribution is 5.56. The van der Waals surface area contributed by atoms with Gasteiger partial charge in [0.15, 0.2) is 5.76 Å². The summed E-state index contributed by atoms with van der Waals surface area (Å²) in [7, 11) is 1.71. The summed E-state index contributed by atoms with van der Waals surface area (Å²) in [5.74, 6) is 1.44. The normalized spacial score (nSPS) is 13.5. The maximum atomic E-state index is 5.90. The van der Waals surface area contributed by atoms with E-state index in [0.717, 1.165) is 22.6 Å². The Labute approximate surface area is 142 Å². The van der Waals surface area contributed by atoms with Gasteiger partial charge in [-0.3, -0.25) is 0 Å². The van der Waals surface area contributed by atoms with Crippen LogP contribution in [0.4, 0.5) is 5.69 Å². The Morgan fingerprint density at radius 3 is 2.58 bits per heavy atom. The summed E-state index contributed by atoms with van der Waals surface area (Å²) in [5, 5.41) is 3.43. The highest BCUT2D eigenvalue weighted by Crippen LogP contribution is 2.26. The number of methoxy groups -OCH3 is 1. The molecular weight excluding hydrogens is 300 g/mol. The van der Waals surface area contributed by atoms with Gasteiger partial charge >= 0.3 is 0 Å². The van der Waals surface area contributed by atoms with Crippen molar-refractivity contribution >= 4 is 5.69 Å². The summed E-state index contributed by atoms with van der Waals surface area (Å²) >= 11 is 0. The number of rotatable bonds is 6. The van der Waals surface area contributed by atoms with Crippen LogP contribution >= 0.6 is 0 Å². The molecule has 2 unspecified atom stereocenters. The van der Waals surface area contributed by atoms with E-state index in [9.17, 15) is 0 Å². The van der Waals surface area contributed by atoms with Crippen LogP contribution in [0.2, 0.25) is 0 Å². The molecule has 124 valence electrons. The Hall–Kier alpha value is -2.59. The first-order valence-corrected chi connectivity index (χ1v) is 8.08. The van der Waals surface area contributed by atoms with Gasteiger partial charge in [-0.15, -0.1) is 0 Å². The minimum Gasteiger partial charge on any atom is -0.438 e. The van der Waals surface area contributed by atoms with Crippen LogP contribution in [0.25, 0.3) is 11.3 Å². The zero-order valence-electron chi connectivity index (χ0n) is 14.2. The maximum Gasteiger partial charge on any atom is 0.217 e. The third kappa shape index (κ3) is 3.66. The number of oxazole rings is 1. The number of benzene rings is 2. The van der Waals surface area contributed by atoms with Crippen LogP contribution in [0.5, 0.6) is 0 Å². The van der Waals surface area contributed by atoms with Crippen LogP contribution < -0.4 is 5.32 Å². The second-order valence-electron chi connectivity index (χ2n) is 5.80. The van der Waals surface area contributed by atoms with Gasteiger partial charge in [-0.2, -0.15) is 0 Å². The first kappa shape index (κ1) is 16.3. The van der Waals surface area contributed by atoms with Crippen molar-refractivity contribution < 1.29 is 9.15 Å². The van der Waals surface area contributed by atoms with E-state index in [1.165, 1.54) is 0 Å². The molecule has 1 aromatic heterocycles. The van der Waals surface area contributed by atoms with Crippen molar-refractivity contribution in [3.05, 3.63) is 72.2 Å². The molecule has 0 aliphatic carbocycles. The Morgan fingerprint density at radius 2 is 1.83 bits per heavy atom. The van der Waals surface area contributed by atoms with Crippen molar-refractivity contribution in [3.8, 4) is 11.3 Å². The summed E-state index contributed by atoms with van der Waals surface area (Å²) < 4.78 is 11.3. The van der Waals surface area contributed by atoms with Crippen molar-refractivity contribution in [1.29, 1.82) is 0 Å². The largest absolute Gasteiger partial charge is 0.438 e. The number of hydrogen-bond donors (Lipinski definition) is 1. The van der Waals surface area contributed by atoms with Crippen LogP contribution in [-0.2, 0) is 4.74 Å². The van der Waals surface area contributed by atoms with E-state index in [-0.39, 0.29) is 12.1 Å². The number of ether oxygens (including phenoxy) is 1. The van der Waals surface area contributed by atoms with E-state index in [2.05, 4.69) is 22.4 Å². The fraction of sp³-hybridized carbons (Fsp3) is 0.250. The second-order valence-corrected chi connectivity index (χ2v) is 5.80. The average molecular weight is 322 g/mol. The molecule has 4 heteroatoms. The molecule has 0 saturated heterocycles. The van der Waals surface area contributed by atoms with E-state index in [0.29, 0.717) is 5.89 Å². The molecule has 0 radical (unpaired) electrons. The number of nitrogens with zero attached hydrogens (tertiary/aromatic N) is 1. The van der Waals surface area contributed by atoms with Crippen LogP contribution in [0.3, 0.4) is 0 Å². The van der Waals surface area contributed by atoms with Crippen molar-refractivity contribution in [2.75, 3.05) is 12.4 Å². The lowest BCUT2D eigenvalue weighted by Crippen LogP contribution is -2.07. The summed E-state index contributed by atoms with van der Waals surface area (Å²) in [6.45, 7) is 4.07. The van der Waals surface area contributed by atoms with Gasteiger partial charge < -0.3 is 14.5 Å². The minimum atomic E-state index is -0.0319. The van der Waals surface area contributed by atoms with Crippen LogP contribution in [0.15, 0.2) is 65.2 Å². The predicted molar refractivity (Wildman–Crippen MR) is 95.8 cm³/mol. The number of hydrogen-bond acceptors (Lipinski definition) is 4. The fourth-order valence-electron chi connectivity index (χ4n) is 2.55. The third-order valence-corrected chi connectivity index (χ3v) is 4.05. The van der Waals surface area contributed by atoms with Crippen molar-refractivity contribution in [1.82, 2.24) is 4.98 Å². The van der Waals surface area contributed by atoms with Gasteiger partial charge in [0.05, 0.1) is 12.3 Å². The van der Waals surface area contributed by atoms with Crippen molar-refractivity contribution in [2.45, 2.75) is 26.0 Å². The van der Waals surface area contributed by atoms with Gasteiger partial charge in [0.1, 0.15) is 6.04 Å². The molecule has 0 amide bonds. The summed E-state index contributed by atoms with van der Waals surface area (Å²) in [6, 6.07) is 18.1. The Balaban J connectivity index is 1.74. The van der Waals surface area contributed by atoms with Crippen LogP contribution in [0, 0.1) is 0 Å². The van der Waals surface area contributed by atoms with E-state index in [4.69, 9.17) is 9.15 Å². The molecule has 3 aromatic rings. The highest BCUT2D eigenvalue weighted by Gasteiger charge is 2.14. The number of aromatic nitrogens is 1. The molecular formula is C20H22N2O2. The zero-order valence-corrected chi connectivity index (χ0v) is 14.2. The summed E-state index contributed by atoms with van der Waals surface area (Å²) in [4.78, 5) is 4.41. The minimum absolute atomic E-state index is 0.0319. The molecule has 0 saturated carbocycles. The van der Waals surface area contributed by atoms with Crippen LogP contribution in [-0.4, -0.2) is 12.1 Å². The second kappa shape index (κ2) is 7.32. The molecule has 0 spiro atoms. The lowest BCUT2D eigenvalue weighted by atomic mass is 10.1. The van der Waals surface area contributed by atoms with E-state index in [1.54, 1.807) is 13.3 Å². The van der Waals surface area contributed by atoms with Crippen molar-refractivity contribution in [3.63, 3.8) is 0 Å². The van der Waals surface area contributed by atoms with E-state index in [1.807, 2.05) is 56.3 Å². The molecule has 2 atom stereocenters. The van der Waals surface area contributed by atoms with Crippen LogP contribution in [0.1, 0.15) is 37.4 Å². The summed E-state index contributed by atoms with van der Waals surface area (Å²) in [6.07, 6.45) is 1.83. The molecule has 0 fully saturated rings. The number of nitrogens with one attached hydrogen (secondary N) is 1. The zero-order chi connectivity index (χ0) is 16.9. The molecule has 1 N–H and O–H groups in total. The van der Waals surface area contributed by atoms with E-state index < -0.39 is 0 Å². The molecule has 1 heterocycles. The first-order valence-electron chi connectivity index (χ1n) is 8.08. The standard InChI is InChI=1S/C20H22N2O2/c1-14(22-18-11-7-10-17(12-18)15(2)23-3)20-21-13-19(24-20)16-8-5-4-6-9-16/h4-15,22H,1-3H3. The molecule has 3 rings (SSSR count). The summed E-state index contributed by atoms with van der Waals surface area (Å²) in [5.41, 5.74) is 3.18. The number of anilines is 1. The molecule has 2 aromatic carbocycles. The monoisotopic (exact) mass is 322 g/mol. The molecule has 0 aliphatic rings. The maximum absolute atomic E-state index is 5.90. The smallest absolute Gasteiger partial charge is 0.217 e. The molecule has 0 aliphatic heterocycles. The average Bonchev–Trinajstić information content (AvgIpc) is 3.12. The highest BCUT2D eigenvalue weighted by atomic mass is 16.5. The third-order valence-electron chi connectivity index (χ3n) is 4.05. The lowest BCUT2D eigenvalue weighted by molar-refractivity contribution is 0.119.